The number of hydrogen-bond acceptors (Lipinski definition) is 2. The van der Waals surface area contributed by atoms with Gasteiger partial charge in [0.05, 0.1) is 6.61 Å². The minimum Gasteiger partial charge on any atom is -0.383 e. The minimum absolute atomic E-state index is 0.0399. The van der Waals surface area contributed by atoms with Crippen LogP contribution in [0.25, 0.3) is 10.9 Å². The van der Waals surface area contributed by atoms with E-state index in [1.165, 1.54) is 11.1 Å². The van der Waals surface area contributed by atoms with Gasteiger partial charge < -0.3 is 14.6 Å². The molecule has 4 nitrogen and oxygen atoms in total. The molecule has 0 bridgehead atoms. The monoisotopic (exact) mass is 378 g/mol. The van der Waals surface area contributed by atoms with Gasteiger partial charge in [-0.2, -0.15) is 0 Å². The molecule has 148 valence electrons. The van der Waals surface area contributed by atoms with Gasteiger partial charge in [0.25, 0.3) is 0 Å². The van der Waals surface area contributed by atoms with Crippen LogP contribution in [0, 0.1) is 0 Å². The molecule has 0 aliphatic heterocycles. The Balaban J connectivity index is 1.57. The number of methoxy groups -OCH3 is 1. The number of aromatic nitrogens is 1. The molecule has 1 heterocycles. The summed E-state index contributed by atoms with van der Waals surface area (Å²) in [5.41, 5.74) is 4.64. The quantitative estimate of drug-likeness (QED) is 0.617. The van der Waals surface area contributed by atoms with Crippen LogP contribution in [0.1, 0.15) is 38.3 Å². The number of nitrogens with zero attached hydrogens (tertiary/aromatic N) is 1. The summed E-state index contributed by atoms with van der Waals surface area (Å²) in [5, 5.41) is 4.14. The number of ether oxygens (including phenoxy) is 1. The number of carbonyl (C=O) groups is 1. The highest BCUT2D eigenvalue weighted by Crippen LogP contribution is 2.23. The summed E-state index contributed by atoms with van der Waals surface area (Å²) in [6, 6.07) is 16.7. The molecule has 0 atom stereocenters. The number of benzene rings is 2. The molecule has 1 N–H and O–H groups in total. The highest BCUT2D eigenvalue weighted by molar-refractivity contribution is 5.94. The molecule has 28 heavy (non-hydrogen) atoms. The Labute approximate surface area is 167 Å². The third kappa shape index (κ3) is 5.02. The fourth-order valence-corrected chi connectivity index (χ4v) is 3.32. The van der Waals surface area contributed by atoms with Gasteiger partial charge >= 0.3 is 0 Å². The Morgan fingerprint density at radius 1 is 1.07 bits per heavy atom. The molecule has 2 aromatic carbocycles. The molecular formula is C24H30N2O2. The highest BCUT2D eigenvalue weighted by Gasteiger charge is 2.13. The van der Waals surface area contributed by atoms with E-state index >= 15 is 0 Å². The maximum absolute atomic E-state index is 12.4. The van der Waals surface area contributed by atoms with Crippen molar-refractivity contribution in [2.24, 2.45) is 0 Å². The third-order valence-corrected chi connectivity index (χ3v) is 5.05. The van der Waals surface area contributed by atoms with E-state index in [0.29, 0.717) is 13.0 Å². The molecule has 1 aromatic heterocycles. The minimum atomic E-state index is 0.0399. The van der Waals surface area contributed by atoms with E-state index in [-0.39, 0.29) is 11.3 Å². The lowest BCUT2D eigenvalue weighted by Gasteiger charge is -2.19. The van der Waals surface area contributed by atoms with Gasteiger partial charge in [-0.3, -0.25) is 4.79 Å². The molecule has 0 radical (unpaired) electrons. The number of amides is 1. The third-order valence-electron chi connectivity index (χ3n) is 5.05. The Hall–Kier alpha value is -2.59. The van der Waals surface area contributed by atoms with Crippen LogP contribution in [-0.4, -0.2) is 24.2 Å². The van der Waals surface area contributed by atoms with Crippen LogP contribution in [0.4, 0.5) is 5.69 Å². The summed E-state index contributed by atoms with van der Waals surface area (Å²) < 4.78 is 7.31. The number of fused-ring (bicyclic) bond motifs is 1. The van der Waals surface area contributed by atoms with Gasteiger partial charge in [-0.25, -0.2) is 0 Å². The Kier molecular flexibility index (Phi) is 6.20. The molecule has 0 aliphatic carbocycles. The Morgan fingerprint density at radius 3 is 2.50 bits per heavy atom. The maximum Gasteiger partial charge on any atom is 0.224 e. The van der Waals surface area contributed by atoms with Crippen LogP contribution in [-0.2, 0) is 27.9 Å². The molecular weight excluding hydrogens is 348 g/mol. The van der Waals surface area contributed by atoms with Gasteiger partial charge in [0.2, 0.25) is 5.91 Å². The van der Waals surface area contributed by atoms with E-state index < -0.39 is 0 Å². The van der Waals surface area contributed by atoms with Crippen molar-refractivity contribution in [3.8, 4) is 0 Å². The van der Waals surface area contributed by atoms with Crippen molar-refractivity contribution in [2.45, 2.75) is 45.6 Å². The van der Waals surface area contributed by atoms with Gasteiger partial charge in [0.1, 0.15) is 0 Å². The molecule has 1 amide bonds. The molecule has 0 unspecified atom stereocenters. The van der Waals surface area contributed by atoms with Crippen LogP contribution in [0.2, 0.25) is 0 Å². The normalized spacial score (nSPS) is 11.7. The summed E-state index contributed by atoms with van der Waals surface area (Å²) in [7, 11) is 1.71. The predicted molar refractivity (Wildman–Crippen MR) is 116 cm³/mol. The van der Waals surface area contributed by atoms with Crippen molar-refractivity contribution < 1.29 is 9.53 Å². The summed E-state index contributed by atoms with van der Waals surface area (Å²) in [6.45, 7) is 8.12. The zero-order valence-electron chi connectivity index (χ0n) is 17.3. The molecule has 3 aromatic rings. The number of carbonyl (C=O) groups excluding carboxylic acids is 1. The predicted octanol–water partition coefficient (Wildman–Crippen LogP) is 5.16. The van der Waals surface area contributed by atoms with Crippen LogP contribution >= 0.6 is 0 Å². The lowest BCUT2D eigenvalue weighted by molar-refractivity contribution is -0.116. The van der Waals surface area contributed by atoms with Crippen molar-refractivity contribution in [3.63, 3.8) is 0 Å². The van der Waals surface area contributed by atoms with Crippen LogP contribution in [0.5, 0.6) is 0 Å². The van der Waals surface area contributed by atoms with Crippen LogP contribution < -0.4 is 5.32 Å². The fraction of sp³-hybridized carbons (Fsp3) is 0.375. The van der Waals surface area contributed by atoms with E-state index in [2.05, 4.69) is 67.2 Å². The zero-order chi connectivity index (χ0) is 20.1. The maximum atomic E-state index is 12.4. The van der Waals surface area contributed by atoms with Gasteiger partial charge in [0.15, 0.2) is 0 Å². The summed E-state index contributed by atoms with van der Waals surface area (Å²) in [6.07, 6.45) is 3.27. The Bertz CT molecular complexity index is 933. The van der Waals surface area contributed by atoms with E-state index in [0.717, 1.165) is 29.6 Å². The largest absolute Gasteiger partial charge is 0.383 e. The lowest BCUT2D eigenvalue weighted by Crippen LogP contribution is -2.13. The van der Waals surface area contributed by atoms with Crippen LogP contribution in [0.15, 0.2) is 54.7 Å². The number of nitrogens with one attached hydrogen (secondary N) is 1. The SMILES string of the molecule is COCCn1ccc2cc(NC(=O)CCc3ccc(C(C)(C)C)cc3)ccc21. The first-order valence-corrected chi connectivity index (χ1v) is 9.84. The first kappa shape index (κ1) is 20.2. The average molecular weight is 379 g/mol. The smallest absolute Gasteiger partial charge is 0.224 e. The fourth-order valence-electron chi connectivity index (χ4n) is 3.32. The molecule has 0 aliphatic rings. The highest BCUT2D eigenvalue weighted by atomic mass is 16.5. The molecule has 4 heteroatoms. The first-order chi connectivity index (χ1) is 13.4. The van der Waals surface area contributed by atoms with Gasteiger partial charge in [-0.15, -0.1) is 0 Å². The topological polar surface area (TPSA) is 43.3 Å². The van der Waals surface area contributed by atoms with Gasteiger partial charge in [-0.1, -0.05) is 45.0 Å². The standard InChI is InChI=1S/C24H30N2O2/c1-24(2,3)20-8-5-18(6-9-20)7-12-23(27)25-21-10-11-22-19(17-21)13-14-26(22)15-16-28-4/h5-6,8-11,13-14,17H,7,12,15-16H2,1-4H3,(H,25,27). The van der Waals surface area contributed by atoms with E-state index in [1.54, 1.807) is 7.11 Å². The van der Waals surface area contributed by atoms with E-state index in [9.17, 15) is 4.79 Å². The number of anilines is 1. The number of aryl methyl sites for hydroxylation is 1. The Morgan fingerprint density at radius 2 is 1.82 bits per heavy atom. The molecule has 0 spiro atoms. The number of hydrogen-bond donors (Lipinski definition) is 1. The van der Waals surface area contributed by atoms with Crippen molar-refractivity contribution in [1.29, 1.82) is 0 Å². The lowest BCUT2D eigenvalue weighted by atomic mass is 9.86. The molecule has 0 fully saturated rings. The van der Waals surface area contributed by atoms with Crippen molar-refractivity contribution in [3.05, 3.63) is 65.9 Å². The van der Waals surface area contributed by atoms with Crippen molar-refractivity contribution >= 4 is 22.5 Å². The summed E-state index contributed by atoms with van der Waals surface area (Å²) >= 11 is 0. The second-order valence-electron chi connectivity index (χ2n) is 8.27. The molecule has 3 rings (SSSR count). The number of rotatable bonds is 7. The summed E-state index contributed by atoms with van der Waals surface area (Å²) in [4.78, 5) is 12.4. The second kappa shape index (κ2) is 8.61. The molecule has 0 saturated carbocycles. The van der Waals surface area contributed by atoms with E-state index in [1.807, 2.05) is 18.2 Å². The van der Waals surface area contributed by atoms with Gasteiger partial charge in [-0.05, 0) is 47.2 Å². The van der Waals surface area contributed by atoms with Crippen LogP contribution in [0.3, 0.4) is 0 Å². The van der Waals surface area contributed by atoms with Crippen molar-refractivity contribution in [1.82, 2.24) is 4.57 Å². The summed E-state index contributed by atoms with van der Waals surface area (Å²) in [5.74, 6) is 0.0399. The van der Waals surface area contributed by atoms with E-state index in [4.69, 9.17) is 4.74 Å². The zero-order valence-corrected chi connectivity index (χ0v) is 17.3. The van der Waals surface area contributed by atoms with Gasteiger partial charge in [0, 0.05) is 42.9 Å². The first-order valence-electron chi connectivity index (χ1n) is 9.84. The van der Waals surface area contributed by atoms with Crippen molar-refractivity contribution in [2.75, 3.05) is 19.0 Å². The second-order valence-corrected chi connectivity index (χ2v) is 8.27. The average Bonchev–Trinajstić information content (AvgIpc) is 3.06. The molecule has 0 saturated heterocycles.